The summed E-state index contributed by atoms with van der Waals surface area (Å²) in [6.45, 7) is 5.39. The number of hydrogen-bond acceptors (Lipinski definition) is 3. The van der Waals surface area contributed by atoms with Crippen LogP contribution < -0.4 is 0 Å². The molecule has 1 aliphatic rings. The van der Waals surface area contributed by atoms with Crippen LogP contribution in [0.3, 0.4) is 0 Å². The van der Waals surface area contributed by atoms with Crippen LogP contribution in [0.4, 0.5) is 0 Å². The monoisotopic (exact) mass is 263 g/mol. The highest BCUT2D eigenvalue weighted by Gasteiger charge is 2.30. The SMILES string of the molecule is CC(C)(O)CN1CCC[C@@H]1C[C@@H](O)c1ccccc1. The molecule has 0 radical (unpaired) electrons. The standard InChI is InChI=1S/C16H25NO2/c1-16(2,19)12-17-10-6-9-14(17)11-15(18)13-7-4-3-5-8-13/h3-5,7-8,14-15,18-19H,6,9-12H2,1-2H3/t14-,15-/m1/s1. The average molecular weight is 263 g/mol. The summed E-state index contributed by atoms with van der Waals surface area (Å²) in [6.07, 6.45) is 2.61. The Bertz CT molecular complexity index is 385. The molecule has 1 fully saturated rings. The summed E-state index contributed by atoms with van der Waals surface area (Å²) in [5, 5.41) is 20.3. The van der Waals surface area contributed by atoms with Gasteiger partial charge in [0.25, 0.3) is 0 Å². The molecule has 1 aromatic rings. The van der Waals surface area contributed by atoms with Crippen molar-refractivity contribution < 1.29 is 10.2 Å². The van der Waals surface area contributed by atoms with Crippen LogP contribution in [-0.4, -0.2) is 39.8 Å². The quantitative estimate of drug-likeness (QED) is 0.857. The second-order valence-corrected chi connectivity index (χ2v) is 6.24. The highest BCUT2D eigenvalue weighted by Crippen LogP contribution is 2.28. The fourth-order valence-corrected chi connectivity index (χ4v) is 2.94. The minimum Gasteiger partial charge on any atom is -0.389 e. The zero-order valence-corrected chi connectivity index (χ0v) is 11.9. The van der Waals surface area contributed by atoms with Gasteiger partial charge in [-0.25, -0.2) is 0 Å². The minimum atomic E-state index is -0.666. The molecule has 0 aromatic heterocycles. The summed E-state index contributed by atoms with van der Waals surface area (Å²) < 4.78 is 0. The summed E-state index contributed by atoms with van der Waals surface area (Å²) in [4.78, 5) is 2.31. The summed E-state index contributed by atoms with van der Waals surface area (Å²) in [5.74, 6) is 0. The maximum Gasteiger partial charge on any atom is 0.0805 e. The van der Waals surface area contributed by atoms with E-state index < -0.39 is 11.7 Å². The lowest BCUT2D eigenvalue weighted by Crippen LogP contribution is -2.41. The van der Waals surface area contributed by atoms with Gasteiger partial charge in [-0.2, -0.15) is 0 Å². The van der Waals surface area contributed by atoms with E-state index in [1.165, 1.54) is 0 Å². The van der Waals surface area contributed by atoms with Gasteiger partial charge in [0.2, 0.25) is 0 Å². The Morgan fingerprint density at radius 3 is 2.63 bits per heavy atom. The Balaban J connectivity index is 1.94. The third-order valence-corrected chi connectivity index (χ3v) is 3.77. The molecule has 3 heteroatoms. The highest BCUT2D eigenvalue weighted by atomic mass is 16.3. The molecule has 1 saturated heterocycles. The normalized spacial score (nSPS) is 22.6. The lowest BCUT2D eigenvalue weighted by Gasteiger charge is -2.31. The van der Waals surface area contributed by atoms with Gasteiger partial charge < -0.3 is 10.2 Å². The number of β-amino-alcohol motifs (C(OH)–C–C–N with tert-alkyl or cyclic N) is 1. The Hall–Kier alpha value is -0.900. The molecular weight excluding hydrogens is 238 g/mol. The molecule has 0 spiro atoms. The first-order valence-electron chi connectivity index (χ1n) is 7.15. The summed E-state index contributed by atoms with van der Waals surface area (Å²) in [5.41, 5.74) is 0.318. The maximum absolute atomic E-state index is 10.3. The predicted octanol–water partition coefficient (Wildman–Crippen LogP) is 2.35. The van der Waals surface area contributed by atoms with E-state index in [1.807, 2.05) is 44.2 Å². The van der Waals surface area contributed by atoms with Crippen LogP contribution in [0.1, 0.15) is 44.8 Å². The van der Waals surface area contributed by atoms with Crippen molar-refractivity contribution in [2.24, 2.45) is 0 Å². The van der Waals surface area contributed by atoms with Crippen molar-refractivity contribution in [2.45, 2.75) is 50.9 Å². The fraction of sp³-hybridized carbons (Fsp3) is 0.625. The molecule has 106 valence electrons. The van der Waals surface area contributed by atoms with E-state index in [-0.39, 0.29) is 0 Å². The Morgan fingerprint density at radius 1 is 1.32 bits per heavy atom. The van der Waals surface area contributed by atoms with Crippen LogP contribution >= 0.6 is 0 Å². The fourth-order valence-electron chi connectivity index (χ4n) is 2.94. The number of rotatable bonds is 5. The number of aliphatic hydroxyl groups excluding tert-OH is 1. The third kappa shape index (κ3) is 4.30. The lowest BCUT2D eigenvalue weighted by atomic mass is 9.99. The molecule has 0 aliphatic carbocycles. The topological polar surface area (TPSA) is 43.7 Å². The summed E-state index contributed by atoms with van der Waals surface area (Å²) >= 11 is 0. The molecule has 0 amide bonds. The predicted molar refractivity (Wildman–Crippen MR) is 76.9 cm³/mol. The van der Waals surface area contributed by atoms with Gasteiger partial charge in [0.1, 0.15) is 0 Å². The zero-order chi connectivity index (χ0) is 13.9. The smallest absolute Gasteiger partial charge is 0.0805 e. The van der Waals surface area contributed by atoms with Gasteiger partial charge in [0.15, 0.2) is 0 Å². The van der Waals surface area contributed by atoms with E-state index in [1.54, 1.807) is 0 Å². The molecule has 2 rings (SSSR count). The van der Waals surface area contributed by atoms with Crippen LogP contribution in [0.5, 0.6) is 0 Å². The van der Waals surface area contributed by atoms with Gasteiger partial charge in [-0.15, -0.1) is 0 Å². The van der Waals surface area contributed by atoms with E-state index >= 15 is 0 Å². The maximum atomic E-state index is 10.3. The second kappa shape index (κ2) is 6.04. The van der Waals surface area contributed by atoms with Crippen LogP contribution in [0.25, 0.3) is 0 Å². The largest absolute Gasteiger partial charge is 0.389 e. The zero-order valence-electron chi connectivity index (χ0n) is 11.9. The Kier molecular flexibility index (Phi) is 4.61. The second-order valence-electron chi connectivity index (χ2n) is 6.24. The van der Waals surface area contributed by atoms with E-state index in [0.29, 0.717) is 12.6 Å². The molecule has 2 atom stereocenters. The van der Waals surface area contributed by atoms with Crippen molar-refractivity contribution in [2.75, 3.05) is 13.1 Å². The lowest BCUT2D eigenvalue weighted by molar-refractivity contribution is 0.0227. The molecule has 1 aromatic carbocycles. The molecule has 0 unspecified atom stereocenters. The van der Waals surface area contributed by atoms with Crippen molar-refractivity contribution in [3.63, 3.8) is 0 Å². The van der Waals surface area contributed by atoms with Crippen molar-refractivity contribution in [3.05, 3.63) is 35.9 Å². The average Bonchev–Trinajstić information content (AvgIpc) is 2.75. The third-order valence-electron chi connectivity index (χ3n) is 3.77. The minimum absolute atomic E-state index is 0.377. The van der Waals surface area contributed by atoms with Crippen LogP contribution in [0, 0.1) is 0 Å². The van der Waals surface area contributed by atoms with Gasteiger partial charge in [0, 0.05) is 12.6 Å². The van der Waals surface area contributed by atoms with Crippen LogP contribution in [0.2, 0.25) is 0 Å². The van der Waals surface area contributed by atoms with Gasteiger partial charge in [-0.3, -0.25) is 4.90 Å². The van der Waals surface area contributed by atoms with E-state index in [2.05, 4.69) is 4.90 Å². The number of hydrogen-bond donors (Lipinski definition) is 2. The first-order valence-corrected chi connectivity index (χ1v) is 7.15. The number of benzene rings is 1. The molecule has 1 aliphatic heterocycles. The molecular formula is C16H25NO2. The molecule has 19 heavy (non-hydrogen) atoms. The number of likely N-dealkylation sites (tertiary alicyclic amines) is 1. The van der Waals surface area contributed by atoms with Gasteiger partial charge in [-0.1, -0.05) is 30.3 Å². The van der Waals surface area contributed by atoms with Crippen molar-refractivity contribution in [1.82, 2.24) is 4.90 Å². The molecule has 0 bridgehead atoms. The summed E-state index contributed by atoms with van der Waals surface area (Å²) in [6, 6.07) is 10.2. The molecule has 3 nitrogen and oxygen atoms in total. The number of aliphatic hydroxyl groups is 2. The molecule has 2 N–H and O–H groups in total. The first-order chi connectivity index (χ1) is 8.96. The van der Waals surface area contributed by atoms with Crippen LogP contribution in [-0.2, 0) is 0 Å². The Labute approximate surface area is 115 Å². The van der Waals surface area contributed by atoms with Crippen molar-refractivity contribution in [3.8, 4) is 0 Å². The van der Waals surface area contributed by atoms with Crippen molar-refractivity contribution >= 4 is 0 Å². The van der Waals surface area contributed by atoms with Gasteiger partial charge in [-0.05, 0) is 45.2 Å². The van der Waals surface area contributed by atoms with Crippen LogP contribution in [0.15, 0.2) is 30.3 Å². The highest BCUT2D eigenvalue weighted by molar-refractivity contribution is 5.17. The van der Waals surface area contributed by atoms with Crippen molar-refractivity contribution in [1.29, 1.82) is 0 Å². The summed E-state index contributed by atoms with van der Waals surface area (Å²) in [7, 11) is 0. The molecule has 0 saturated carbocycles. The van der Waals surface area contributed by atoms with Gasteiger partial charge >= 0.3 is 0 Å². The number of nitrogens with zero attached hydrogens (tertiary/aromatic N) is 1. The Morgan fingerprint density at radius 2 is 2.00 bits per heavy atom. The van der Waals surface area contributed by atoms with E-state index in [4.69, 9.17) is 0 Å². The van der Waals surface area contributed by atoms with Gasteiger partial charge in [0.05, 0.1) is 11.7 Å². The van der Waals surface area contributed by atoms with E-state index in [9.17, 15) is 10.2 Å². The molecule has 1 heterocycles. The van der Waals surface area contributed by atoms with E-state index in [0.717, 1.165) is 31.4 Å². The first kappa shape index (κ1) is 14.5.